The highest BCUT2D eigenvalue weighted by Crippen LogP contribution is 2.38. The maximum absolute atomic E-state index is 14.0. The summed E-state index contributed by atoms with van der Waals surface area (Å²) in [5, 5.41) is 9.89. The van der Waals surface area contributed by atoms with E-state index in [4.69, 9.17) is 23.2 Å². The van der Waals surface area contributed by atoms with Gasteiger partial charge in [-0.15, -0.1) is 0 Å². The number of carbonyl (C=O) groups excluding carboxylic acids is 1. The largest absolute Gasteiger partial charge is 0.395 e. The minimum Gasteiger partial charge on any atom is -0.395 e. The number of aliphatic hydroxyl groups excluding tert-OH is 1. The molecule has 3 aromatic rings. The predicted molar refractivity (Wildman–Crippen MR) is 142 cm³/mol. The van der Waals surface area contributed by atoms with Crippen LogP contribution in [-0.2, 0) is 19.1 Å². The van der Waals surface area contributed by atoms with Crippen LogP contribution in [0, 0.1) is 6.92 Å². The van der Waals surface area contributed by atoms with E-state index in [0.717, 1.165) is 13.0 Å². The third kappa shape index (κ3) is 5.53. The van der Waals surface area contributed by atoms with Crippen molar-refractivity contribution in [3.63, 3.8) is 0 Å². The Morgan fingerprint density at radius 3 is 2.64 bits per heavy atom. The van der Waals surface area contributed by atoms with E-state index in [1.165, 1.54) is 12.1 Å². The van der Waals surface area contributed by atoms with Crippen molar-refractivity contribution >= 4 is 49.4 Å². The summed E-state index contributed by atoms with van der Waals surface area (Å²) in [4.78, 5) is 22.0. The molecule has 4 rings (SSSR count). The SMILES string of the molecule is Cc1cc(C(F)(F)P)cc2c1nc(Cc1c(Cl)ccc(C(=O)N3CCCN(CCO)CC3)c1Cl)n2C. The third-order valence-corrected chi connectivity index (χ3v) is 7.82. The number of β-amino-alcohol motifs (C(OH)–C–C–N with tert-alkyl or cyclic N) is 1. The highest BCUT2D eigenvalue weighted by Gasteiger charge is 2.27. The highest BCUT2D eigenvalue weighted by atomic mass is 35.5. The van der Waals surface area contributed by atoms with Crippen LogP contribution in [0.2, 0.25) is 10.0 Å². The first-order valence-corrected chi connectivity index (χ1v) is 13.1. The van der Waals surface area contributed by atoms with Gasteiger partial charge in [-0.05, 0) is 55.3 Å². The maximum atomic E-state index is 14.0. The number of aliphatic hydroxyl groups is 1. The number of halogens is 4. The summed E-state index contributed by atoms with van der Waals surface area (Å²) >= 11 is 13.3. The minimum absolute atomic E-state index is 0.0865. The summed E-state index contributed by atoms with van der Waals surface area (Å²) in [6.07, 6.45) is 1.04. The number of aryl methyl sites for hydroxylation is 2. The summed E-state index contributed by atoms with van der Waals surface area (Å²) < 4.78 is 29.7. The molecule has 194 valence electrons. The monoisotopic (exact) mass is 556 g/mol. The van der Waals surface area contributed by atoms with E-state index in [0.29, 0.717) is 64.7 Å². The molecule has 2 heterocycles. The third-order valence-electron chi connectivity index (χ3n) is 6.70. The number of rotatable bonds is 6. The second-order valence-electron chi connectivity index (χ2n) is 9.15. The first-order chi connectivity index (χ1) is 17.0. The molecule has 0 spiro atoms. The molecule has 1 N–H and O–H groups in total. The zero-order chi connectivity index (χ0) is 26.2. The van der Waals surface area contributed by atoms with Crippen LogP contribution in [0.3, 0.4) is 0 Å². The lowest BCUT2D eigenvalue weighted by Gasteiger charge is -2.22. The van der Waals surface area contributed by atoms with E-state index in [1.807, 2.05) is 0 Å². The van der Waals surface area contributed by atoms with Gasteiger partial charge in [-0.2, -0.15) is 8.78 Å². The fraction of sp³-hybridized carbons (Fsp3) is 0.440. The summed E-state index contributed by atoms with van der Waals surface area (Å²) in [6, 6.07) is 6.18. The Balaban J connectivity index is 1.65. The van der Waals surface area contributed by atoms with Crippen molar-refractivity contribution in [2.24, 2.45) is 7.05 Å². The molecule has 0 aliphatic carbocycles. The van der Waals surface area contributed by atoms with E-state index >= 15 is 0 Å². The molecular weight excluding hydrogens is 528 g/mol. The second-order valence-corrected chi connectivity index (χ2v) is 10.7. The van der Waals surface area contributed by atoms with Crippen LogP contribution < -0.4 is 0 Å². The van der Waals surface area contributed by atoms with Gasteiger partial charge in [0.05, 0.1) is 28.2 Å². The quantitative estimate of drug-likeness (QED) is 0.441. The number of fused-ring (bicyclic) bond motifs is 1. The van der Waals surface area contributed by atoms with Crippen LogP contribution in [0.5, 0.6) is 0 Å². The summed E-state index contributed by atoms with van der Waals surface area (Å²) in [6.45, 7) is 5.06. The Morgan fingerprint density at radius 1 is 1.19 bits per heavy atom. The number of hydrogen-bond donors (Lipinski definition) is 1. The van der Waals surface area contributed by atoms with Crippen molar-refractivity contribution < 1.29 is 18.7 Å². The molecule has 0 bridgehead atoms. The molecule has 1 unspecified atom stereocenters. The zero-order valence-electron chi connectivity index (χ0n) is 20.2. The van der Waals surface area contributed by atoms with Crippen molar-refractivity contribution in [1.82, 2.24) is 19.4 Å². The lowest BCUT2D eigenvalue weighted by molar-refractivity contribution is 0.0760. The Kier molecular flexibility index (Phi) is 8.22. The molecule has 1 saturated heterocycles. The minimum atomic E-state index is -3.05. The predicted octanol–water partition coefficient (Wildman–Crippen LogP) is 4.84. The van der Waals surface area contributed by atoms with Crippen LogP contribution >= 0.6 is 32.4 Å². The maximum Gasteiger partial charge on any atom is 0.283 e. The number of nitrogens with zero attached hydrogens (tertiary/aromatic N) is 4. The molecule has 6 nitrogen and oxygen atoms in total. The highest BCUT2D eigenvalue weighted by molar-refractivity contribution is 7.17. The van der Waals surface area contributed by atoms with Crippen LogP contribution in [0.4, 0.5) is 8.78 Å². The van der Waals surface area contributed by atoms with E-state index in [-0.39, 0.29) is 29.5 Å². The number of benzene rings is 2. The standard InChI is InChI=1S/C25H29Cl2F2N4O2P/c1-15-12-16(25(28,29)36)13-20-23(15)30-21(31(20)2)14-18-19(26)5-4-17(22(18)27)24(35)33-7-3-6-32(8-9-33)10-11-34/h4-5,12-13,34H,3,6-11,14,36H2,1-2H3. The van der Waals surface area contributed by atoms with E-state index in [2.05, 4.69) is 9.88 Å². The first kappa shape index (κ1) is 27.2. The van der Waals surface area contributed by atoms with Crippen LogP contribution in [0.15, 0.2) is 24.3 Å². The molecule has 1 atom stereocenters. The molecule has 0 saturated carbocycles. The molecular formula is C25H29Cl2F2N4O2P. The molecule has 11 heteroatoms. The van der Waals surface area contributed by atoms with Gasteiger partial charge in [-0.1, -0.05) is 32.4 Å². The average molecular weight is 557 g/mol. The Hall–Kier alpha value is -1.83. The lowest BCUT2D eigenvalue weighted by Crippen LogP contribution is -2.36. The Labute approximate surface area is 221 Å². The molecule has 1 fully saturated rings. The molecule has 1 amide bonds. The lowest BCUT2D eigenvalue weighted by atomic mass is 10.1. The number of imidazole rings is 1. The van der Waals surface area contributed by atoms with Gasteiger partial charge in [-0.25, -0.2) is 4.98 Å². The molecule has 1 aliphatic rings. The van der Waals surface area contributed by atoms with E-state index in [1.54, 1.807) is 44.8 Å². The number of carbonyl (C=O) groups is 1. The summed E-state index contributed by atoms with van der Waals surface area (Å²) in [5.74, 6) is 0.428. The summed E-state index contributed by atoms with van der Waals surface area (Å²) in [5.41, 5.74) is -0.372. The zero-order valence-corrected chi connectivity index (χ0v) is 22.9. The van der Waals surface area contributed by atoms with Crippen molar-refractivity contribution in [2.45, 2.75) is 25.4 Å². The second kappa shape index (κ2) is 10.9. The van der Waals surface area contributed by atoms with Crippen LogP contribution in [0.1, 0.15) is 39.3 Å². The van der Waals surface area contributed by atoms with Crippen molar-refractivity contribution in [1.29, 1.82) is 0 Å². The van der Waals surface area contributed by atoms with Gasteiger partial charge < -0.3 is 14.6 Å². The summed E-state index contributed by atoms with van der Waals surface area (Å²) in [7, 11) is 3.33. The van der Waals surface area contributed by atoms with Crippen LogP contribution in [0.25, 0.3) is 11.0 Å². The molecule has 0 radical (unpaired) electrons. The van der Waals surface area contributed by atoms with Crippen LogP contribution in [-0.4, -0.2) is 69.7 Å². The fourth-order valence-electron chi connectivity index (χ4n) is 4.65. The van der Waals surface area contributed by atoms with E-state index < -0.39 is 5.66 Å². The molecule has 1 aliphatic heterocycles. The van der Waals surface area contributed by atoms with Gasteiger partial charge in [-0.3, -0.25) is 9.69 Å². The molecule has 1 aromatic heterocycles. The smallest absolute Gasteiger partial charge is 0.283 e. The fourth-order valence-corrected chi connectivity index (χ4v) is 5.40. The van der Waals surface area contributed by atoms with Gasteiger partial charge in [0.25, 0.3) is 11.6 Å². The van der Waals surface area contributed by atoms with Crippen molar-refractivity contribution in [3.05, 3.63) is 62.4 Å². The molecule has 2 aromatic carbocycles. The number of alkyl halides is 2. The first-order valence-electron chi connectivity index (χ1n) is 11.7. The molecule has 36 heavy (non-hydrogen) atoms. The topological polar surface area (TPSA) is 61.6 Å². The van der Waals surface area contributed by atoms with Gasteiger partial charge in [0.1, 0.15) is 5.82 Å². The van der Waals surface area contributed by atoms with Crippen molar-refractivity contribution in [3.8, 4) is 0 Å². The Morgan fingerprint density at radius 2 is 1.94 bits per heavy atom. The van der Waals surface area contributed by atoms with Gasteiger partial charge in [0, 0.05) is 50.2 Å². The number of amides is 1. The number of hydrogen-bond acceptors (Lipinski definition) is 4. The average Bonchev–Trinajstić information content (AvgIpc) is 2.97. The number of aromatic nitrogens is 2. The normalized spacial score (nSPS) is 15.5. The van der Waals surface area contributed by atoms with Gasteiger partial charge >= 0.3 is 0 Å². The van der Waals surface area contributed by atoms with Gasteiger partial charge in [0.2, 0.25) is 0 Å². The van der Waals surface area contributed by atoms with E-state index in [9.17, 15) is 18.7 Å². The Bertz CT molecular complexity index is 1300. The van der Waals surface area contributed by atoms with Gasteiger partial charge in [0.15, 0.2) is 0 Å². The van der Waals surface area contributed by atoms with Crippen molar-refractivity contribution in [2.75, 3.05) is 39.3 Å².